The number of phenolic OH excluding ortho intramolecular Hbond substituents is 1. The molecule has 1 aromatic rings. The third-order valence-electron chi connectivity index (χ3n) is 3.73. The molecule has 0 radical (unpaired) electrons. The number of benzene rings is 1. The number of hydrogen-bond donors (Lipinski definition) is 2. The Bertz CT molecular complexity index is 387. The molecular formula is C13H17F2NO. The maximum Gasteiger partial charge on any atom is 0.187 e. The van der Waals surface area contributed by atoms with Crippen molar-refractivity contribution in [2.24, 2.45) is 0 Å². The van der Waals surface area contributed by atoms with Crippen molar-refractivity contribution in [1.82, 2.24) is 5.32 Å². The molecule has 0 saturated heterocycles. The van der Waals surface area contributed by atoms with Crippen molar-refractivity contribution in [2.75, 3.05) is 0 Å². The zero-order valence-electron chi connectivity index (χ0n) is 9.89. The first-order chi connectivity index (χ1) is 8.06. The Hall–Kier alpha value is -1.16. The van der Waals surface area contributed by atoms with Crippen molar-refractivity contribution < 1.29 is 13.9 Å². The molecule has 0 amide bonds. The molecule has 4 heteroatoms. The summed E-state index contributed by atoms with van der Waals surface area (Å²) in [5.41, 5.74) is 0.669. The summed E-state index contributed by atoms with van der Waals surface area (Å²) in [5, 5.41) is 12.3. The topological polar surface area (TPSA) is 32.3 Å². The number of nitrogens with one attached hydrogen (secondary N) is 1. The molecule has 0 unspecified atom stereocenters. The van der Waals surface area contributed by atoms with Gasteiger partial charge in [0.2, 0.25) is 0 Å². The second-order valence-corrected chi connectivity index (χ2v) is 4.75. The average molecular weight is 241 g/mol. The van der Waals surface area contributed by atoms with E-state index in [1.807, 2.05) is 0 Å². The standard InChI is InChI=1S/C13H17F2NO/c1-2-13(4-3-5-13)16-8-9-6-10(14)12(17)11(15)7-9/h6-7,16-17H,2-5,8H2,1H3. The summed E-state index contributed by atoms with van der Waals surface area (Å²) in [5.74, 6) is -2.70. The highest BCUT2D eigenvalue weighted by Crippen LogP contribution is 2.35. The lowest BCUT2D eigenvalue weighted by Crippen LogP contribution is -2.49. The Kier molecular flexibility index (Phi) is 3.33. The Labute approximate surface area is 99.7 Å². The van der Waals surface area contributed by atoms with E-state index in [2.05, 4.69) is 12.2 Å². The first-order valence-corrected chi connectivity index (χ1v) is 5.98. The van der Waals surface area contributed by atoms with E-state index in [1.54, 1.807) is 0 Å². The van der Waals surface area contributed by atoms with Gasteiger partial charge < -0.3 is 10.4 Å². The molecule has 0 aliphatic heterocycles. The lowest BCUT2D eigenvalue weighted by Gasteiger charge is -2.42. The average Bonchev–Trinajstić information content (AvgIpc) is 2.25. The van der Waals surface area contributed by atoms with E-state index in [-0.39, 0.29) is 5.54 Å². The van der Waals surface area contributed by atoms with Crippen molar-refractivity contribution in [3.05, 3.63) is 29.3 Å². The summed E-state index contributed by atoms with van der Waals surface area (Å²) >= 11 is 0. The smallest absolute Gasteiger partial charge is 0.187 e. The Balaban J connectivity index is 2.04. The zero-order chi connectivity index (χ0) is 12.5. The van der Waals surface area contributed by atoms with E-state index in [4.69, 9.17) is 5.11 Å². The first-order valence-electron chi connectivity index (χ1n) is 5.98. The Morgan fingerprint density at radius 3 is 2.29 bits per heavy atom. The molecule has 0 spiro atoms. The van der Waals surface area contributed by atoms with Gasteiger partial charge in [0.25, 0.3) is 0 Å². The van der Waals surface area contributed by atoms with Gasteiger partial charge in [0, 0.05) is 12.1 Å². The zero-order valence-corrected chi connectivity index (χ0v) is 9.89. The SMILES string of the molecule is CCC1(NCc2cc(F)c(O)c(F)c2)CCC1. The molecule has 0 heterocycles. The minimum atomic E-state index is -0.902. The quantitative estimate of drug-likeness (QED) is 0.849. The van der Waals surface area contributed by atoms with Crippen LogP contribution in [0.1, 0.15) is 38.2 Å². The Morgan fingerprint density at radius 1 is 1.29 bits per heavy atom. The van der Waals surface area contributed by atoms with Crippen LogP contribution in [0.3, 0.4) is 0 Å². The second-order valence-electron chi connectivity index (χ2n) is 4.75. The fraction of sp³-hybridized carbons (Fsp3) is 0.538. The summed E-state index contributed by atoms with van der Waals surface area (Å²) in [6.45, 7) is 2.55. The lowest BCUT2D eigenvalue weighted by atomic mass is 9.75. The van der Waals surface area contributed by atoms with Crippen molar-refractivity contribution >= 4 is 0 Å². The molecule has 1 aliphatic rings. The van der Waals surface area contributed by atoms with Gasteiger partial charge in [-0.3, -0.25) is 0 Å². The van der Waals surface area contributed by atoms with Crippen LogP contribution in [-0.2, 0) is 6.54 Å². The van der Waals surface area contributed by atoms with Crippen LogP contribution in [0.4, 0.5) is 8.78 Å². The summed E-state index contributed by atoms with van der Waals surface area (Å²) < 4.78 is 26.2. The predicted molar refractivity (Wildman–Crippen MR) is 61.7 cm³/mol. The van der Waals surface area contributed by atoms with Crippen LogP contribution < -0.4 is 5.32 Å². The Morgan fingerprint density at radius 2 is 1.88 bits per heavy atom. The van der Waals surface area contributed by atoms with Crippen LogP contribution >= 0.6 is 0 Å². The van der Waals surface area contributed by atoms with Gasteiger partial charge in [0.1, 0.15) is 0 Å². The van der Waals surface area contributed by atoms with Crippen LogP contribution in [0.25, 0.3) is 0 Å². The number of rotatable bonds is 4. The maximum absolute atomic E-state index is 13.1. The summed E-state index contributed by atoms with van der Waals surface area (Å²) in [6.07, 6.45) is 4.47. The summed E-state index contributed by atoms with van der Waals surface area (Å²) in [7, 11) is 0. The molecule has 1 saturated carbocycles. The van der Waals surface area contributed by atoms with E-state index >= 15 is 0 Å². The summed E-state index contributed by atoms with van der Waals surface area (Å²) in [4.78, 5) is 0. The molecule has 1 aromatic carbocycles. The third kappa shape index (κ3) is 2.41. The highest BCUT2D eigenvalue weighted by Gasteiger charge is 2.34. The van der Waals surface area contributed by atoms with Gasteiger partial charge in [-0.1, -0.05) is 6.92 Å². The number of phenols is 1. The van der Waals surface area contributed by atoms with Gasteiger partial charge in [0.15, 0.2) is 17.4 Å². The van der Waals surface area contributed by atoms with Gasteiger partial charge in [-0.05, 0) is 43.4 Å². The highest BCUT2D eigenvalue weighted by atomic mass is 19.1. The van der Waals surface area contributed by atoms with Gasteiger partial charge in [-0.15, -0.1) is 0 Å². The lowest BCUT2D eigenvalue weighted by molar-refractivity contribution is 0.175. The first kappa shape index (κ1) is 12.3. The molecule has 1 aliphatic carbocycles. The maximum atomic E-state index is 13.1. The largest absolute Gasteiger partial charge is 0.503 e. The molecule has 2 rings (SSSR count). The number of hydrogen-bond acceptors (Lipinski definition) is 2. The third-order valence-corrected chi connectivity index (χ3v) is 3.73. The predicted octanol–water partition coefficient (Wildman–Crippen LogP) is 3.09. The highest BCUT2D eigenvalue weighted by molar-refractivity contribution is 5.30. The van der Waals surface area contributed by atoms with E-state index in [1.165, 1.54) is 18.6 Å². The minimum absolute atomic E-state index is 0.144. The van der Waals surface area contributed by atoms with Gasteiger partial charge in [-0.25, -0.2) is 8.78 Å². The molecule has 0 bridgehead atoms. The monoisotopic (exact) mass is 241 g/mol. The van der Waals surface area contributed by atoms with E-state index in [0.717, 1.165) is 19.3 Å². The molecule has 0 aromatic heterocycles. The van der Waals surface area contributed by atoms with Crippen LogP contribution in [-0.4, -0.2) is 10.6 Å². The molecule has 2 nitrogen and oxygen atoms in total. The van der Waals surface area contributed by atoms with Crippen LogP contribution in [0, 0.1) is 11.6 Å². The minimum Gasteiger partial charge on any atom is -0.503 e. The molecular weight excluding hydrogens is 224 g/mol. The van der Waals surface area contributed by atoms with E-state index < -0.39 is 17.4 Å². The van der Waals surface area contributed by atoms with Crippen molar-refractivity contribution in [3.63, 3.8) is 0 Å². The molecule has 0 atom stereocenters. The normalized spacial score (nSPS) is 17.8. The second kappa shape index (κ2) is 4.61. The van der Waals surface area contributed by atoms with Crippen LogP contribution in [0.15, 0.2) is 12.1 Å². The fourth-order valence-corrected chi connectivity index (χ4v) is 2.27. The molecule has 1 fully saturated rings. The fourth-order valence-electron chi connectivity index (χ4n) is 2.27. The van der Waals surface area contributed by atoms with Crippen molar-refractivity contribution in [3.8, 4) is 5.75 Å². The molecule has 17 heavy (non-hydrogen) atoms. The van der Waals surface area contributed by atoms with Gasteiger partial charge in [0.05, 0.1) is 0 Å². The summed E-state index contributed by atoms with van der Waals surface area (Å²) in [6, 6.07) is 2.35. The van der Waals surface area contributed by atoms with Crippen molar-refractivity contribution in [1.29, 1.82) is 0 Å². The van der Waals surface area contributed by atoms with Gasteiger partial charge >= 0.3 is 0 Å². The number of halogens is 2. The van der Waals surface area contributed by atoms with E-state index in [0.29, 0.717) is 12.1 Å². The van der Waals surface area contributed by atoms with Crippen LogP contribution in [0.5, 0.6) is 5.75 Å². The van der Waals surface area contributed by atoms with Gasteiger partial charge in [-0.2, -0.15) is 0 Å². The molecule has 94 valence electrons. The van der Waals surface area contributed by atoms with E-state index in [9.17, 15) is 8.78 Å². The molecule has 2 N–H and O–H groups in total. The van der Waals surface area contributed by atoms with Crippen molar-refractivity contribution in [2.45, 2.75) is 44.7 Å². The number of aromatic hydroxyl groups is 1. The van der Waals surface area contributed by atoms with Crippen LogP contribution in [0.2, 0.25) is 0 Å².